The molecule has 0 bridgehead atoms. The number of nitrogens with zero attached hydrogens (tertiary/aromatic N) is 1. The topological polar surface area (TPSA) is 24.5 Å². The Morgan fingerprint density at radius 1 is 1.31 bits per heavy atom. The van der Waals surface area contributed by atoms with Gasteiger partial charge in [-0.25, -0.2) is 0 Å². The summed E-state index contributed by atoms with van der Waals surface area (Å²) in [5.41, 5.74) is -0.00153. The van der Waals surface area contributed by atoms with Crippen LogP contribution >= 0.6 is 0 Å². The van der Waals surface area contributed by atoms with Crippen LogP contribution in [-0.2, 0) is 4.74 Å². The first-order valence-corrected chi connectivity index (χ1v) is 6.34. The van der Waals surface area contributed by atoms with Crippen molar-refractivity contribution in [2.75, 3.05) is 34.3 Å². The third-order valence-corrected chi connectivity index (χ3v) is 2.92. The molecule has 3 heteroatoms. The number of hydrogen-bond acceptors (Lipinski definition) is 3. The van der Waals surface area contributed by atoms with Crippen molar-refractivity contribution >= 4 is 0 Å². The van der Waals surface area contributed by atoms with Gasteiger partial charge in [0.25, 0.3) is 0 Å². The van der Waals surface area contributed by atoms with Crippen molar-refractivity contribution in [1.82, 2.24) is 10.2 Å². The summed E-state index contributed by atoms with van der Waals surface area (Å²) in [6.45, 7) is 8.71. The van der Waals surface area contributed by atoms with Gasteiger partial charge in [-0.05, 0) is 53.8 Å². The predicted octanol–water partition coefficient (Wildman–Crippen LogP) is 2.12. The van der Waals surface area contributed by atoms with E-state index in [1.165, 1.54) is 12.8 Å². The highest BCUT2D eigenvalue weighted by molar-refractivity contribution is 4.75. The number of hydrogen-bond donors (Lipinski definition) is 1. The summed E-state index contributed by atoms with van der Waals surface area (Å²) >= 11 is 0. The molecule has 0 amide bonds. The van der Waals surface area contributed by atoms with Gasteiger partial charge in [0.1, 0.15) is 0 Å². The molecular formula is C13H30N2O. The molecule has 1 N–H and O–H groups in total. The number of likely N-dealkylation sites (N-methyl/N-ethyl adjacent to an activating group) is 1. The van der Waals surface area contributed by atoms with Crippen molar-refractivity contribution in [1.29, 1.82) is 0 Å². The Labute approximate surface area is 102 Å². The molecule has 0 radical (unpaired) electrons. The van der Waals surface area contributed by atoms with Crippen LogP contribution in [0.4, 0.5) is 0 Å². The van der Waals surface area contributed by atoms with Crippen LogP contribution in [0, 0.1) is 0 Å². The van der Waals surface area contributed by atoms with E-state index in [0.717, 1.165) is 19.5 Å². The molecule has 0 aliphatic rings. The van der Waals surface area contributed by atoms with Crippen molar-refractivity contribution in [2.24, 2.45) is 0 Å². The van der Waals surface area contributed by atoms with Crippen LogP contribution in [0.15, 0.2) is 0 Å². The zero-order valence-corrected chi connectivity index (χ0v) is 12.0. The molecule has 98 valence electrons. The van der Waals surface area contributed by atoms with E-state index in [4.69, 9.17) is 4.74 Å². The summed E-state index contributed by atoms with van der Waals surface area (Å²) in [4.78, 5) is 2.24. The summed E-state index contributed by atoms with van der Waals surface area (Å²) in [6.07, 6.45) is 3.45. The minimum atomic E-state index is -0.00153. The van der Waals surface area contributed by atoms with E-state index < -0.39 is 0 Å². The molecule has 16 heavy (non-hydrogen) atoms. The Hall–Kier alpha value is -0.120. The second-order valence-corrected chi connectivity index (χ2v) is 5.42. The largest absolute Gasteiger partial charge is 0.379 e. The van der Waals surface area contributed by atoms with Crippen LogP contribution in [0.2, 0.25) is 0 Å². The van der Waals surface area contributed by atoms with E-state index in [1.807, 2.05) is 0 Å². The van der Waals surface area contributed by atoms with E-state index in [0.29, 0.717) is 6.04 Å². The maximum atomic E-state index is 5.46. The van der Waals surface area contributed by atoms with Gasteiger partial charge >= 0.3 is 0 Å². The van der Waals surface area contributed by atoms with E-state index in [2.05, 4.69) is 45.1 Å². The molecule has 1 unspecified atom stereocenters. The molecule has 3 nitrogen and oxygen atoms in total. The molecule has 0 aromatic heterocycles. The number of nitrogens with one attached hydrogen (secondary N) is 1. The summed E-state index contributed by atoms with van der Waals surface area (Å²) in [6, 6.07) is 0.573. The van der Waals surface area contributed by atoms with Gasteiger partial charge in [0, 0.05) is 19.7 Å². The molecule has 0 fully saturated rings. The molecule has 0 heterocycles. The monoisotopic (exact) mass is 230 g/mol. The van der Waals surface area contributed by atoms with Crippen LogP contribution in [0.1, 0.15) is 40.0 Å². The molecule has 1 atom stereocenters. The lowest BCUT2D eigenvalue weighted by molar-refractivity contribution is 0.0111. The molecule has 0 aliphatic carbocycles. The summed E-state index contributed by atoms with van der Waals surface area (Å²) in [5, 5.41) is 3.60. The Kier molecular flexibility index (Phi) is 7.98. The van der Waals surface area contributed by atoms with Crippen LogP contribution < -0.4 is 5.32 Å². The fourth-order valence-corrected chi connectivity index (χ4v) is 1.67. The minimum Gasteiger partial charge on any atom is -0.379 e. The van der Waals surface area contributed by atoms with Gasteiger partial charge in [-0.2, -0.15) is 0 Å². The van der Waals surface area contributed by atoms with Crippen LogP contribution in [0.25, 0.3) is 0 Å². The smallest absolute Gasteiger partial charge is 0.0623 e. The molecule has 0 rings (SSSR count). The lowest BCUT2D eigenvalue weighted by Crippen LogP contribution is -2.40. The maximum absolute atomic E-state index is 5.46. The van der Waals surface area contributed by atoms with Crippen LogP contribution in [0.3, 0.4) is 0 Å². The molecular weight excluding hydrogens is 200 g/mol. The second-order valence-electron chi connectivity index (χ2n) is 5.42. The predicted molar refractivity (Wildman–Crippen MR) is 71.0 cm³/mol. The second kappa shape index (κ2) is 8.04. The summed E-state index contributed by atoms with van der Waals surface area (Å²) in [5.74, 6) is 0. The fraction of sp³-hybridized carbons (Fsp3) is 1.00. The highest BCUT2D eigenvalue weighted by Crippen LogP contribution is 2.16. The Morgan fingerprint density at radius 2 is 1.94 bits per heavy atom. The van der Waals surface area contributed by atoms with Crippen molar-refractivity contribution in [2.45, 2.75) is 51.7 Å². The number of ether oxygens (including phenoxy) is 1. The highest BCUT2D eigenvalue weighted by atomic mass is 16.5. The van der Waals surface area contributed by atoms with Crippen molar-refractivity contribution in [3.8, 4) is 0 Å². The van der Waals surface area contributed by atoms with Gasteiger partial charge in [-0.3, -0.25) is 0 Å². The summed E-state index contributed by atoms with van der Waals surface area (Å²) < 4.78 is 5.46. The Bertz CT molecular complexity index is 169. The van der Waals surface area contributed by atoms with Crippen molar-refractivity contribution in [3.05, 3.63) is 0 Å². The molecule has 0 saturated heterocycles. The first-order chi connectivity index (χ1) is 7.41. The molecule has 0 aromatic rings. The number of methoxy groups -OCH3 is 1. The minimum absolute atomic E-state index is 0.00153. The van der Waals surface area contributed by atoms with E-state index >= 15 is 0 Å². The van der Waals surface area contributed by atoms with E-state index in [1.54, 1.807) is 7.11 Å². The van der Waals surface area contributed by atoms with Gasteiger partial charge in [0.15, 0.2) is 0 Å². The van der Waals surface area contributed by atoms with Gasteiger partial charge in [-0.1, -0.05) is 6.92 Å². The van der Waals surface area contributed by atoms with E-state index in [9.17, 15) is 0 Å². The standard InChI is InChI=1S/C13H30N2O/c1-7-10-14-12(11-15(4)5)8-9-13(2,3)16-6/h12,14H,7-11H2,1-6H3. The van der Waals surface area contributed by atoms with Gasteiger partial charge in [-0.15, -0.1) is 0 Å². The lowest BCUT2D eigenvalue weighted by atomic mass is 9.98. The van der Waals surface area contributed by atoms with E-state index in [-0.39, 0.29) is 5.60 Å². The molecule has 0 saturated carbocycles. The maximum Gasteiger partial charge on any atom is 0.0623 e. The van der Waals surface area contributed by atoms with Crippen molar-refractivity contribution < 1.29 is 4.74 Å². The SMILES string of the molecule is CCCNC(CCC(C)(C)OC)CN(C)C. The normalized spacial score (nSPS) is 14.4. The van der Waals surface area contributed by atoms with Gasteiger partial charge in [0.05, 0.1) is 5.60 Å². The molecule has 0 aliphatic heterocycles. The zero-order valence-electron chi connectivity index (χ0n) is 12.0. The fourth-order valence-electron chi connectivity index (χ4n) is 1.67. The third-order valence-electron chi connectivity index (χ3n) is 2.92. The van der Waals surface area contributed by atoms with Gasteiger partial charge in [0.2, 0.25) is 0 Å². The number of rotatable bonds is 9. The molecule has 0 aromatic carbocycles. The van der Waals surface area contributed by atoms with Crippen LogP contribution in [0.5, 0.6) is 0 Å². The third kappa shape index (κ3) is 8.08. The van der Waals surface area contributed by atoms with Gasteiger partial charge < -0.3 is 15.0 Å². The first kappa shape index (κ1) is 15.9. The average molecular weight is 230 g/mol. The lowest BCUT2D eigenvalue weighted by Gasteiger charge is -2.28. The first-order valence-electron chi connectivity index (χ1n) is 6.34. The average Bonchev–Trinajstić information content (AvgIpc) is 2.21. The van der Waals surface area contributed by atoms with Crippen molar-refractivity contribution in [3.63, 3.8) is 0 Å². The summed E-state index contributed by atoms with van der Waals surface area (Å²) in [7, 11) is 6.05. The van der Waals surface area contributed by atoms with Crippen LogP contribution in [-0.4, -0.2) is 50.8 Å². The highest BCUT2D eigenvalue weighted by Gasteiger charge is 2.19. The molecule has 0 spiro atoms. The zero-order chi connectivity index (χ0) is 12.6. The Balaban J connectivity index is 3.99. The quantitative estimate of drug-likeness (QED) is 0.656. The Morgan fingerprint density at radius 3 is 2.38 bits per heavy atom.